The molecule has 0 spiro atoms. The van der Waals surface area contributed by atoms with Gasteiger partial charge in [0, 0.05) is 20.1 Å². The molecule has 0 amide bonds. The minimum absolute atomic E-state index is 0.00472. The van der Waals surface area contributed by atoms with Gasteiger partial charge in [0.05, 0.1) is 13.0 Å². The molecular formula is C10H16O4. The smallest absolute Gasteiger partial charge is 0.309 e. The highest BCUT2D eigenvalue weighted by Crippen LogP contribution is 2.65. The zero-order valence-corrected chi connectivity index (χ0v) is 8.73. The van der Waals surface area contributed by atoms with E-state index in [1.54, 1.807) is 14.2 Å². The Bertz CT molecular complexity index is 236. The molecule has 0 unspecified atom stereocenters. The van der Waals surface area contributed by atoms with Crippen molar-refractivity contribution in [2.45, 2.75) is 12.7 Å². The van der Waals surface area contributed by atoms with E-state index in [1.807, 2.05) is 0 Å². The van der Waals surface area contributed by atoms with Crippen molar-refractivity contribution in [1.82, 2.24) is 0 Å². The minimum atomic E-state index is -0.261. The van der Waals surface area contributed by atoms with E-state index in [2.05, 4.69) is 0 Å². The topological polar surface area (TPSA) is 44.8 Å². The van der Waals surface area contributed by atoms with Gasteiger partial charge in [0.25, 0.3) is 0 Å². The molecule has 80 valence electrons. The van der Waals surface area contributed by atoms with Gasteiger partial charge in [-0.05, 0) is 18.3 Å². The van der Waals surface area contributed by atoms with Gasteiger partial charge in [-0.3, -0.25) is 4.79 Å². The van der Waals surface area contributed by atoms with Crippen LogP contribution in [0.25, 0.3) is 0 Å². The molecule has 0 aromatic heterocycles. The highest BCUT2D eigenvalue weighted by Gasteiger charge is 2.67. The van der Waals surface area contributed by atoms with Crippen LogP contribution >= 0.6 is 0 Å². The molecule has 0 bridgehead atoms. The summed E-state index contributed by atoms with van der Waals surface area (Å²) in [7, 11) is 4.65. The largest absolute Gasteiger partial charge is 0.469 e. The van der Waals surface area contributed by atoms with Crippen LogP contribution in [-0.4, -0.2) is 33.6 Å². The molecule has 2 saturated carbocycles. The highest BCUT2D eigenvalue weighted by atomic mass is 16.7. The standard InChI is InChI=1S/C10H16O4/c1-12-9(11)7-5-4-6(5)8(7)10(13-2)14-3/h5-8,10H,4H2,1-3H3/t5-,6+,7-,8-/m0/s1. The zero-order chi connectivity index (χ0) is 10.3. The molecule has 0 saturated heterocycles. The third kappa shape index (κ3) is 1.25. The van der Waals surface area contributed by atoms with Gasteiger partial charge in [-0.1, -0.05) is 0 Å². The summed E-state index contributed by atoms with van der Waals surface area (Å²) in [6.07, 6.45) is 0.857. The molecule has 14 heavy (non-hydrogen) atoms. The maximum absolute atomic E-state index is 11.4. The van der Waals surface area contributed by atoms with E-state index >= 15 is 0 Å². The number of carbonyl (C=O) groups excluding carboxylic acids is 1. The molecule has 2 rings (SSSR count). The molecular weight excluding hydrogens is 184 g/mol. The predicted molar refractivity (Wildman–Crippen MR) is 48.4 cm³/mol. The van der Waals surface area contributed by atoms with Crippen LogP contribution in [0.15, 0.2) is 0 Å². The molecule has 2 aliphatic carbocycles. The Balaban J connectivity index is 2.01. The lowest BCUT2D eigenvalue weighted by Gasteiger charge is -2.37. The van der Waals surface area contributed by atoms with Crippen LogP contribution in [0.1, 0.15) is 6.42 Å². The molecule has 0 radical (unpaired) electrons. The number of hydrogen-bond acceptors (Lipinski definition) is 4. The second-order valence-electron chi connectivity index (χ2n) is 4.03. The molecule has 4 nitrogen and oxygen atoms in total. The molecule has 0 N–H and O–H groups in total. The summed E-state index contributed by atoms with van der Waals surface area (Å²) < 4.78 is 15.2. The summed E-state index contributed by atoms with van der Waals surface area (Å²) in [5.41, 5.74) is 0. The van der Waals surface area contributed by atoms with Crippen molar-refractivity contribution in [3.63, 3.8) is 0 Å². The Labute approximate surface area is 83.5 Å². The summed E-state index contributed by atoms with van der Waals surface area (Å²) in [5.74, 6) is 1.22. The predicted octanol–water partition coefficient (Wildman–Crippen LogP) is 0.660. The summed E-state index contributed by atoms with van der Waals surface area (Å²) in [4.78, 5) is 11.4. The van der Waals surface area contributed by atoms with Crippen molar-refractivity contribution in [2.75, 3.05) is 21.3 Å². The van der Waals surface area contributed by atoms with Gasteiger partial charge in [-0.25, -0.2) is 0 Å². The Hall–Kier alpha value is -0.610. The first-order valence-corrected chi connectivity index (χ1v) is 4.88. The van der Waals surface area contributed by atoms with E-state index in [4.69, 9.17) is 14.2 Å². The van der Waals surface area contributed by atoms with E-state index in [0.29, 0.717) is 11.8 Å². The third-order valence-electron chi connectivity index (χ3n) is 3.51. The number of rotatable bonds is 4. The zero-order valence-electron chi connectivity index (χ0n) is 8.73. The van der Waals surface area contributed by atoms with Gasteiger partial charge in [-0.15, -0.1) is 0 Å². The lowest BCUT2D eigenvalue weighted by molar-refractivity contribution is -0.190. The lowest BCUT2D eigenvalue weighted by atomic mass is 9.73. The van der Waals surface area contributed by atoms with Crippen LogP contribution in [-0.2, 0) is 19.0 Å². The van der Waals surface area contributed by atoms with Crippen molar-refractivity contribution < 1.29 is 19.0 Å². The first-order chi connectivity index (χ1) is 6.74. The van der Waals surface area contributed by atoms with Gasteiger partial charge >= 0.3 is 5.97 Å². The minimum Gasteiger partial charge on any atom is -0.469 e. The second-order valence-corrected chi connectivity index (χ2v) is 4.03. The third-order valence-corrected chi connectivity index (χ3v) is 3.51. The number of ether oxygens (including phenoxy) is 3. The molecule has 0 aromatic rings. The first kappa shape index (κ1) is 9.93. The quantitative estimate of drug-likeness (QED) is 0.494. The highest BCUT2D eigenvalue weighted by molar-refractivity contribution is 5.75. The summed E-state index contributed by atoms with van der Waals surface area (Å²) >= 11 is 0. The molecule has 2 fully saturated rings. The normalized spacial score (nSPS) is 38.9. The molecule has 4 heteroatoms. The molecule has 2 aliphatic rings. The van der Waals surface area contributed by atoms with Crippen LogP contribution in [0.2, 0.25) is 0 Å². The van der Waals surface area contributed by atoms with Gasteiger partial charge in [0.2, 0.25) is 0 Å². The number of esters is 1. The second kappa shape index (κ2) is 3.51. The van der Waals surface area contributed by atoms with E-state index in [-0.39, 0.29) is 24.1 Å². The Morgan fingerprint density at radius 1 is 1.21 bits per heavy atom. The van der Waals surface area contributed by atoms with Crippen molar-refractivity contribution in [1.29, 1.82) is 0 Å². The van der Waals surface area contributed by atoms with Gasteiger partial charge in [0.1, 0.15) is 0 Å². The fourth-order valence-electron chi connectivity index (χ4n) is 2.75. The van der Waals surface area contributed by atoms with Crippen molar-refractivity contribution in [2.24, 2.45) is 23.7 Å². The van der Waals surface area contributed by atoms with Crippen molar-refractivity contribution >= 4 is 5.97 Å². The molecule has 0 aromatic carbocycles. The number of methoxy groups -OCH3 is 3. The summed E-state index contributed by atoms with van der Waals surface area (Å²) in [5, 5.41) is 0. The Morgan fingerprint density at radius 2 is 1.86 bits per heavy atom. The van der Waals surface area contributed by atoms with E-state index in [1.165, 1.54) is 7.11 Å². The molecule has 0 heterocycles. The molecule has 4 atom stereocenters. The van der Waals surface area contributed by atoms with E-state index in [0.717, 1.165) is 6.42 Å². The van der Waals surface area contributed by atoms with Crippen LogP contribution in [0.5, 0.6) is 0 Å². The lowest BCUT2D eigenvalue weighted by Crippen LogP contribution is -2.45. The van der Waals surface area contributed by atoms with Crippen LogP contribution in [0.3, 0.4) is 0 Å². The summed E-state index contributed by atoms with van der Waals surface area (Å²) in [6, 6.07) is 0. The van der Waals surface area contributed by atoms with Gasteiger partial charge < -0.3 is 14.2 Å². The average molecular weight is 200 g/mol. The maximum Gasteiger partial charge on any atom is 0.309 e. The fourth-order valence-corrected chi connectivity index (χ4v) is 2.75. The van der Waals surface area contributed by atoms with E-state index in [9.17, 15) is 4.79 Å². The molecule has 0 aliphatic heterocycles. The maximum atomic E-state index is 11.4. The van der Waals surface area contributed by atoms with Crippen molar-refractivity contribution in [3.8, 4) is 0 Å². The Kier molecular flexibility index (Phi) is 2.49. The van der Waals surface area contributed by atoms with E-state index < -0.39 is 0 Å². The van der Waals surface area contributed by atoms with Gasteiger partial charge in [-0.2, -0.15) is 0 Å². The number of carbonyl (C=O) groups is 1. The first-order valence-electron chi connectivity index (χ1n) is 4.88. The monoisotopic (exact) mass is 200 g/mol. The van der Waals surface area contributed by atoms with Crippen LogP contribution < -0.4 is 0 Å². The average Bonchev–Trinajstić information content (AvgIpc) is 2.88. The SMILES string of the molecule is COC(=O)[C@H]1[C@H]2C[C@H]2[C@@H]1C(OC)OC. The van der Waals surface area contributed by atoms with Crippen molar-refractivity contribution in [3.05, 3.63) is 0 Å². The fraction of sp³-hybridized carbons (Fsp3) is 0.900. The number of hydrogen-bond donors (Lipinski definition) is 0. The van der Waals surface area contributed by atoms with Crippen LogP contribution in [0.4, 0.5) is 0 Å². The van der Waals surface area contributed by atoms with Crippen LogP contribution in [0, 0.1) is 23.7 Å². The summed E-state index contributed by atoms with van der Waals surface area (Å²) in [6.45, 7) is 0. The Morgan fingerprint density at radius 3 is 2.36 bits per heavy atom. The number of fused-ring (bicyclic) bond motifs is 1. The van der Waals surface area contributed by atoms with Gasteiger partial charge in [0.15, 0.2) is 6.29 Å².